The fourth-order valence-corrected chi connectivity index (χ4v) is 9.67. The Morgan fingerprint density at radius 2 is 0.944 bits per heavy atom. The van der Waals surface area contributed by atoms with Crippen molar-refractivity contribution in [2.24, 2.45) is 0 Å². The Bertz CT molecular complexity index is 3000. The lowest BCUT2D eigenvalue weighted by Gasteiger charge is -2.29. The third-order valence-electron chi connectivity index (χ3n) is 12.5. The molecule has 0 spiro atoms. The molecular weight excluding hydrogens is 655 g/mol. The molecular formula is C52H39NO. The Labute approximate surface area is 315 Å². The van der Waals surface area contributed by atoms with Gasteiger partial charge in [0.15, 0.2) is 0 Å². The van der Waals surface area contributed by atoms with Crippen LogP contribution in [-0.4, -0.2) is 0 Å². The fraction of sp³-hybridized carbons (Fsp3) is 0.115. The molecule has 2 nitrogen and oxygen atoms in total. The highest BCUT2D eigenvalue weighted by Gasteiger charge is 2.37. The highest BCUT2D eigenvalue weighted by Crippen LogP contribution is 2.53. The lowest BCUT2D eigenvalue weighted by molar-refractivity contribution is 0.660. The molecule has 2 aliphatic carbocycles. The Balaban J connectivity index is 1.08. The van der Waals surface area contributed by atoms with E-state index in [4.69, 9.17) is 4.42 Å². The Morgan fingerprint density at radius 1 is 0.389 bits per heavy atom. The first-order valence-corrected chi connectivity index (χ1v) is 19.0. The second kappa shape index (κ2) is 11.1. The van der Waals surface area contributed by atoms with Crippen LogP contribution in [0.5, 0.6) is 0 Å². The van der Waals surface area contributed by atoms with Gasteiger partial charge in [0.25, 0.3) is 0 Å². The zero-order valence-electron chi connectivity index (χ0n) is 30.9. The van der Waals surface area contributed by atoms with Gasteiger partial charge in [0.05, 0.1) is 0 Å². The van der Waals surface area contributed by atoms with Crippen LogP contribution in [0.1, 0.15) is 49.9 Å². The SMILES string of the molecule is CC1(C)c2ccccc2-c2cc(N(c3ccc(-c4cccc5oc6cc7ccccc7cc6c45)cc3)c3ccc4c(c3)C(C)(C)c3ccccc3-4)ccc21. The van der Waals surface area contributed by atoms with Crippen LogP contribution in [0.3, 0.4) is 0 Å². The van der Waals surface area contributed by atoms with Gasteiger partial charge in [-0.05, 0) is 121 Å². The third-order valence-corrected chi connectivity index (χ3v) is 12.5. The molecule has 0 amide bonds. The molecule has 258 valence electrons. The number of benzene rings is 8. The van der Waals surface area contributed by atoms with E-state index in [9.17, 15) is 0 Å². The summed E-state index contributed by atoms with van der Waals surface area (Å²) in [6.07, 6.45) is 0. The predicted octanol–water partition coefficient (Wildman–Crippen LogP) is 14.5. The first kappa shape index (κ1) is 31.2. The van der Waals surface area contributed by atoms with Crippen molar-refractivity contribution in [2.75, 3.05) is 4.90 Å². The molecule has 11 rings (SSSR count). The number of hydrogen-bond acceptors (Lipinski definition) is 2. The van der Waals surface area contributed by atoms with Crippen molar-refractivity contribution in [2.45, 2.75) is 38.5 Å². The van der Waals surface area contributed by atoms with E-state index >= 15 is 0 Å². The first-order valence-electron chi connectivity index (χ1n) is 19.0. The topological polar surface area (TPSA) is 16.4 Å². The summed E-state index contributed by atoms with van der Waals surface area (Å²) in [6.45, 7) is 9.41. The molecule has 0 aliphatic heterocycles. The molecule has 0 unspecified atom stereocenters. The van der Waals surface area contributed by atoms with Gasteiger partial charge in [-0.2, -0.15) is 0 Å². The van der Waals surface area contributed by atoms with Crippen LogP contribution >= 0.6 is 0 Å². The maximum Gasteiger partial charge on any atom is 0.136 e. The average molecular weight is 694 g/mol. The lowest BCUT2D eigenvalue weighted by Crippen LogP contribution is -2.17. The summed E-state index contributed by atoms with van der Waals surface area (Å²) in [6, 6.07) is 60.4. The second-order valence-corrected chi connectivity index (χ2v) is 16.2. The number of anilines is 3. The molecule has 1 aromatic heterocycles. The van der Waals surface area contributed by atoms with Crippen LogP contribution in [0.25, 0.3) is 66.1 Å². The maximum absolute atomic E-state index is 6.44. The molecule has 0 saturated carbocycles. The maximum atomic E-state index is 6.44. The Hall–Kier alpha value is -6.38. The molecule has 0 N–H and O–H groups in total. The van der Waals surface area contributed by atoms with Gasteiger partial charge in [-0.1, -0.05) is 137 Å². The van der Waals surface area contributed by atoms with Crippen molar-refractivity contribution in [1.82, 2.24) is 0 Å². The molecule has 8 aromatic carbocycles. The molecule has 0 fully saturated rings. The largest absolute Gasteiger partial charge is 0.456 e. The first-order chi connectivity index (χ1) is 26.3. The van der Waals surface area contributed by atoms with Crippen LogP contribution in [0, 0.1) is 0 Å². The quantitative estimate of drug-likeness (QED) is 0.182. The van der Waals surface area contributed by atoms with Crippen molar-refractivity contribution in [3.63, 3.8) is 0 Å². The van der Waals surface area contributed by atoms with Gasteiger partial charge >= 0.3 is 0 Å². The number of fused-ring (bicyclic) bond motifs is 10. The van der Waals surface area contributed by atoms with E-state index in [1.165, 1.54) is 60.8 Å². The highest BCUT2D eigenvalue weighted by atomic mass is 16.3. The summed E-state index contributed by atoms with van der Waals surface area (Å²) >= 11 is 0. The van der Waals surface area contributed by atoms with Crippen LogP contribution < -0.4 is 4.90 Å². The molecule has 2 heteroatoms. The van der Waals surface area contributed by atoms with E-state index in [0.717, 1.165) is 44.6 Å². The van der Waals surface area contributed by atoms with Crippen molar-refractivity contribution < 1.29 is 4.42 Å². The van der Waals surface area contributed by atoms with E-state index in [1.807, 2.05) is 0 Å². The van der Waals surface area contributed by atoms with Crippen LogP contribution in [0.2, 0.25) is 0 Å². The van der Waals surface area contributed by atoms with Crippen molar-refractivity contribution in [3.05, 3.63) is 186 Å². The van der Waals surface area contributed by atoms with Crippen molar-refractivity contribution in [3.8, 4) is 33.4 Å². The van der Waals surface area contributed by atoms with E-state index in [0.29, 0.717) is 0 Å². The molecule has 0 saturated heterocycles. The van der Waals surface area contributed by atoms with Gasteiger partial charge < -0.3 is 9.32 Å². The van der Waals surface area contributed by atoms with Crippen LogP contribution in [0.15, 0.2) is 168 Å². The molecule has 0 bridgehead atoms. The summed E-state index contributed by atoms with van der Waals surface area (Å²) < 4.78 is 6.44. The Kier molecular flexibility index (Phi) is 6.39. The minimum atomic E-state index is -0.101. The number of hydrogen-bond donors (Lipinski definition) is 0. The molecule has 1 heterocycles. The van der Waals surface area contributed by atoms with Gasteiger partial charge in [0, 0.05) is 38.7 Å². The molecule has 54 heavy (non-hydrogen) atoms. The summed E-state index contributed by atoms with van der Waals surface area (Å²) in [5.74, 6) is 0. The fourth-order valence-electron chi connectivity index (χ4n) is 9.67. The number of rotatable bonds is 4. The molecule has 0 atom stereocenters. The third kappa shape index (κ3) is 4.34. The molecule has 2 aliphatic rings. The van der Waals surface area contributed by atoms with E-state index in [-0.39, 0.29) is 10.8 Å². The molecule has 9 aromatic rings. The standard InChI is InChI=1S/C52H39NO/c1-51(2)45-18-10-8-15-40(45)42-30-36(25-27-46(42)51)53(37-24-26-41-39-14-7-9-17-44(39)52(3,4)47(41)31-37)35-22-20-32(21-23-35)38-16-11-19-48-50(38)43-28-33-12-5-6-13-34(33)29-49(43)54-48/h5-31H,1-4H3. The zero-order valence-corrected chi connectivity index (χ0v) is 30.9. The number of furan rings is 1. The molecule has 0 radical (unpaired) electrons. The van der Waals surface area contributed by atoms with E-state index in [2.05, 4.69) is 196 Å². The summed E-state index contributed by atoms with van der Waals surface area (Å²) in [5.41, 5.74) is 18.3. The van der Waals surface area contributed by atoms with Gasteiger partial charge in [0.1, 0.15) is 11.2 Å². The van der Waals surface area contributed by atoms with Crippen molar-refractivity contribution in [1.29, 1.82) is 0 Å². The van der Waals surface area contributed by atoms with Gasteiger partial charge in [0.2, 0.25) is 0 Å². The van der Waals surface area contributed by atoms with Gasteiger partial charge in [-0.15, -0.1) is 0 Å². The van der Waals surface area contributed by atoms with Crippen molar-refractivity contribution >= 4 is 49.8 Å². The van der Waals surface area contributed by atoms with E-state index < -0.39 is 0 Å². The Morgan fingerprint density at radius 3 is 1.70 bits per heavy atom. The summed E-state index contributed by atoms with van der Waals surface area (Å²) in [5, 5.41) is 4.71. The monoisotopic (exact) mass is 693 g/mol. The predicted molar refractivity (Wildman–Crippen MR) is 226 cm³/mol. The minimum Gasteiger partial charge on any atom is -0.456 e. The summed E-state index contributed by atoms with van der Waals surface area (Å²) in [7, 11) is 0. The summed E-state index contributed by atoms with van der Waals surface area (Å²) in [4.78, 5) is 2.44. The highest BCUT2D eigenvalue weighted by molar-refractivity contribution is 6.15. The average Bonchev–Trinajstić information content (AvgIpc) is 3.76. The normalized spacial score (nSPS) is 14.6. The van der Waals surface area contributed by atoms with Gasteiger partial charge in [-0.3, -0.25) is 0 Å². The van der Waals surface area contributed by atoms with E-state index in [1.54, 1.807) is 0 Å². The minimum absolute atomic E-state index is 0.0507. The van der Waals surface area contributed by atoms with Crippen LogP contribution in [-0.2, 0) is 10.8 Å². The smallest absolute Gasteiger partial charge is 0.136 e. The zero-order chi connectivity index (χ0) is 36.3. The number of nitrogens with zero attached hydrogens (tertiary/aromatic N) is 1. The van der Waals surface area contributed by atoms with Gasteiger partial charge in [-0.25, -0.2) is 0 Å². The lowest BCUT2D eigenvalue weighted by atomic mass is 9.82. The van der Waals surface area contributed by atoms with Crippen LogP contribution in [0.4, 0.5) is 17.1 Å². The second-order valence-electron chi connectivity index (χ2n) is 16.2.